The molecule has 0 aromatic heterocycles. The van der Waals surface area contributed by atoms with E-state index in [1.807, 2.05) is 6.92 Å². The van der Waals surface area contributed by atoms with Crippen LogP contribution in [0.2, 0.25) is 0 Å². The summed E-state index contributed by atoms with van der Waals surface area (Å²) in [6.07, 6.45) is 16.1. The fourth-order valence-corrected chi connectivity index (χ4v) is 4.82. The second-order valence-electron chi connectivity index (χ2n) is 9.53. The van der Waals surface area contributed by atoms with Gasteiger partial charge in [0.2, 0.25) is 0 Å². The Labute approximate surface area is 194 Å². The van der Waals surface area contributed by atoms with Gasteiger partial charge in [0, 0.05) is 19.4 Å². The normalized spacial score (nSPS) is 30.3. The van der Waals surface area contributed by atoms with Gasteiger partial charge in [-0.1, -0.05) is 31.2 Å². The van der Waals surface area contributed by atoms with Crippen molar-refractivity contribution >= 4 is 5.97 Å². The smallest absolute Gasteiger partial charge is 0.303 e. The molecule has 180 valence electrons. The molecule has 0 amide bonds. The standard InChI is InChI=1S/C27H42O5/c1-4-5-11-17-27(3,32-26-15-10-12-19-31-26)18-16-22-21(2)20-24(28)23(22)13-8-6-7-9-14-25(29)30/h6,8,16,18,21-24,26,28H,7,9-15,17,19-20H2,1-3H3,(H,29,30)/b8-6-,18-16+/t21-,22+,23-,24+,26?,27?/m1/s1. The summed E-state index contributed by atoms with van der Waals surface area (Å²) in [5.41, 5.74) is -0.448. The molecule has 1 saturated carbocycles. The third-order valence-corrected chi connectivity index (χ3v) is 6.73. The number of hydrogen-bond donors (Lipinski definition) is 2. The number of unbranched alkanes of at least 4 members (excludes halogenated alkanes) is 1. The highest BCUT2D eigenvalue weighted by Crippen LogP contribution is 2.41. The van der Waals surface area contributed by atoms with Crippen LogP contribution in [0.5, 0.6) is 0 Å². The topological polar surface area (TPSA) is 76.0 Å². The summed E-state index contributed by atoms with van der Waals surface area (Å²) in [7, 11) is 0. The highest BCUT2D eigenvalue weighted by atomic mass is 16.7. The van der Waals surface area contributed by atoms with Crippen LogP contribution in [-0.4, -0.2) is 40.8 Å². The van der Waals surface area contributed by atoms with Crippen molar-refractivity contribution in [3.63, 3.8) is 0 Å². The number of carbonyl (C=O) groups is 1. The maximum absolute atomic E-state index is 10.7. The van der Waals surface area contributed by atoms with Gasteiger partial charge < -0.3 is 19.7 Å². The molecule has 2 rings (SSSR count). The molecular formula is C27H42O5. The minimum absolute atomic E-state index is 0.163. The van der Waals surface area contributed by atoms with Crippen LogP contribution in [0.3, 0.4) is 0 Å². The predicted octanol–water partition coefficient (Wildman–Crippen LogP) is 5.48. The summed E-state index contributed by atoms with van der Waals surface area (Å²) in [5.74, 6) is 6.22. The van der Waals surface area contributed by atoms with Gasteiger partial charge in [-0.2, -0.15) is 0 Å². The van der Waals surface area contributed by atoms with Crippen LogP contribution in [0.15, 0.2) is 24.3 Å². The molecule has 1 aliphatic carbocycles. The first-order valence-electron chi connectivity index (χ1n) is 12.3. The van der Waals surface area contributed by atoms with Crippen LogP contribution in [0, 0.1) is 29.6 Å². The van der Waals surface area contributed by atoms with Crippen molar-refractivity contribution in [2.24, 2.45) is 17.8 Å². The molecule has 0 aromatic carbocycles. The number of ether oxygens (including phenoxy) is 2. The Balaban J connectivity index is 2.02. The van der Waals surface area contributed by atoms with E-state index in [4.69, 9.17) is 14.6 Å². The van der Waals surface area contributed by atoms with Gasteiger partial charge in [0.05, 0.1) is 11.7 Å². The summed E-state index contributed by atoms with van der Waals surface area (Å²) < 4.78 is 12.3. The number of aliphatic hydroxyl groups is 1. The first kappa shape index (κ1) is 26.6. The van der Waals surface area contributed by atoms with E-state index in [1.165, 1.54) is 0 Å². The number of carboxylic acids is 1. The van der Waals surface area contributed by atoms with Crippen LogP contribution >= 0.6 is 0 Å². The van der Waals surface area contributed by atoms with Gasteiger partial charge >= 0.3 is 5.97 Å². The second kappa shape index (κ2) is 13.8. The van der Waals surface area contributed by atoms with Crippen LogP contribution < -0.4 is 0 Å². The van der Waals surface area contributed by atoms with Gasteiger partial charge in [0.1, 0.15) is 0 Å². The zero-order chi connectivity index (χ0) is 23.4. The molecule has 5 heteroatoms. The molecule has 0 radical (unpaired) electrons. The Kier molecular flexibility index (Phi) is 11.5. The third kappa shape index (κ3) is 9.10. The Morgan fingerprint density at radius 3 is 2.81 bits per heavy atom. The van der Waals surface area contributed by atoms with Crippen molar-refractivity contribution in [2.75, 3.05) is 6.61 Å². The van der Waals surface area contributed by atoms with E-state index in [1.54, 1.807) is 0 Å². The summed E-state index contributed by atoms with van der Waals surface area (Å²) in [6.45, 7) is 6.94. The molecule has 2 unspecified atom stereocenters. The average Bonchev–Trinajstić information content (AvgIpc) is 3.02. The summed E-state index contributed by atoms with van der Waals surface area (Å²) in [4.78, 5) is 10.6. The SMILES string of the molecule is CC#CCCC(C)(/C=C/[C@@H]1[C@@H](C/C=C\CCCC(=O)O)[C@@H](O)C[C@H]1C)OC1CCCCO1. The maximum Gasteiger partial charge on any atom is 0.303 e. The van der Waals surface area contributed by atoms with E-state index < -0.39 is 11.6 Å². The van der Waals surface area contributed by atoms with Crippen LogP contribution in [0.1, 0.15) is 85.0 Å². The zero-order valence-corrected chi connectivity index (χ0v) is 20.1. The van der Waals surface area contributed by atoms with Crippen molar-refractivity contribution in [2.45, 2.75) is 103 Å². The fourth-order valence-electron chi connectivity index (χ4n) is 4.82. The molecule has 0 bridgehead atoms. The number of aliphatic hydroxyl groups excluding tert-OH is 1. The van der Waals surface area contributed by atoms with E-state index in [-0.39, 0.29) is 30.7 Å². The molecule has 32 heavy (non-hydrogen) atoms. The molecule has 0 aromatic rings. The minimum atomic E-state index is -0.752. The summed E-state index contributed by atoms with van der Waals surface area (Å²) >= 11 is 0. The van der Waals surface area contributed by atoms with Gasteiger partial charge in [0.15, 0.2) is 6.29 Å². The molecule has 0 spiro atoms. The van der Waals surface area contributed by atoms with E-state index in [0.717, 1.165) is 58.0 Å². The van der Waals surface area contributed by atoms with Crippen LogP contribution in [0.4, 0.5) is 0 Å². The Morgan fingerprint density at radius 2 is 2.12 bits per heavy atom. The highest BCUT2D eigenvalue weighted by Gasteiger charge is 2.38. The predicted molar refractivity (Wildman–Crippen MR) is 127 cm³/mol. The van der Waals surface area contributed by atoms with Gasteiger partial charge in [-0.25, -0.2) is 0 Å². The zero-order valence-electron chi connectivity index (χ0n) is 20.1. The summed E-state index contributed by atoms with van der Waals surface area (Å²) in [5, 5.41) is 19.4. The Morgan fingerprint density at radius 1 is 1.31 bits per heavy atom. The molecular weight excluding hydrogens is 404 g/mol. The van der Waals surface area contributed by atoms with E-state index in [0.29, 0.717) is 12.3 Å². The van der Waals surface area contributed by atoms with Gasteiger partial charge in [0.25, 0.3) is 0 Å². The van der Waals surface area contributed by atoms with Crippen molar-refractivity contribution in [3.8, 4) is 11.8 Å². The third-order valence-electron chi connectivity index (χ3n) is 6.73. The molecule has 6 atom stereocenters. The number of hydrogen-bond acceptors (Lipinski definition) is 4. The lowest BCUT2D eigenvalue weighted by molar-refractivity contribution is -0.207. The van der Waals surface area contributed by atoms with Gasteiger partial charge in [-0.3, -0.25) is 4.79 Å². The number of allylic oxidation sites excluding steroid dienone is 3. The lowest BCUT2D eigenvalue weighted by Gasteiger charge is -2.34. The highest BCUT2D eigenvalue weighted by molar-refractivity contribution is 5.66. The van der Waals surface area contributed by atoms with Crippen LogP contribution in [-0.2, 0) is 14.3 Å². The lowest BCUT2D eigenvalue weighted by atomic mass is 9.85. The summed E-state index contributed by atoms with van der Waals surface area (Å²) in [6, 6.07) is 0. The number of rotatable bonds is 12. The fraction of sp³-hybridized carbons (Fsp3) is 0.741. The Bertz CT molecular complexity index is 682. The largest absolute Gasteiger partial charge is 0.481 e. The van der Waals surface area contributed by atoms with Crippen molar-refractivity contribution in [1.29, 1.82) is 0 Å². The van der Waals surface area contributed by atoms with Gasteiger partial charge in [-0.05, 0) is 83.0 Å². The van der Waals surface area contributed by atoms with Gasteiger partial charge in [-0.15, -0.1) is 11.8 Å². The van der Waals surface area contributed by atoms with E-state index >= 15 is 0 Å². The average molecular weight is 447 g/mol. The van der Waals surface area contributed by atoms with Crippen molar-refractivity contribution < 1.29 is 24.5 Å². The molecule has 1 aliphatic heterocycles. The maximum atomic E-state index is 10.7. The van der Waals surface area contributed by atoms with Crippen LogP contribution in [0.25, 0.3) is 0 Å². The second-order valence-corrected chi connectivity index (χ2v) is 9.53. The van der Waals surface area contributed by atoms with Crippen molar-refractivity contribution in [3.05, 3.63) is 24.3 Å². The Hall–Kier alpha value is -1.61. The molecule has 2 fully saturated rings. The quantitative estimate of drug-likeness (QED) is 0.236. The lowest BCUT2D eigenvalue weighted by Crippen LogP contribution is -2.35. The number of carboxylic acid groups (broad SMARTS) is 1. The first-order chi connectivity index (χ1) is 15.3. The molecule has 2 N–H and O–H groups in total. The molecule has 2 aliphatic rings. The monoisotopic (exact) mass is 446 g/mol. The minimum Gasteiger partial charge on any atom is -0.481 e. The van der Waals surface area contributed by atoms with Crippen molar-refractivity contribution in [1.82, 2.24) is 0 Å². The molecule has 1 heterocycles. The number of aliphatic carboxylic acids is 1. The van der Waals surface area contributed by atoms with E-state index in [2.05, 4.69) is 50.0 Å². The van der Waals surface area contributed by atoms with E-state index in [9.17, 15) is 9.90 Å². The first-order valence-corrected chi connectivity index (χ1v) is 12.3. The molecule has 1 saturated heterocycles. The molecule has 5 nitrogen and oxygen atoms in total.